The first-order valence-electron chi connectivity index (χ1n) is 8.76. The largest absolute Gasteiger partial charge is 0.383 e. The molecule has 2 aliphatic heterocycles. The predicted molar refractivity (Wildman–Crippen MR) is 98.6 cm³/mol. The number of ether oxygens (including phenoxy) is 1. The Morgan fingerprint density at radius 1 is 1.04 bits per heavy atom. The van der Waals surface area contributed by atoms with E-state index in [1.807, 2.05) is 0 Å². The molecule has 2 heterocycles. The van der Waals surface area contributed by atoms with Crippen LogP contribution in [-0.2, 0) is 11.3 Å². The van der Waals surface area contributed by atoms with Crippen LogP contribution < -0.4 is 10.2 Å². The van der Waals surface area contributed by atoms with E-state index < -0.39 is 0 Å². The van der Waals surface area contributed by atoms with Crippen LogP contribution in [0.5, 0.6) is 0 Å². The van der Waals surface area contributed by atoms with Crippen molar-refractivity contribution >= 4 is 11.4 Å². The molecule has 0 spiro atoms. The third-order valence-corrected chi connectivity index (χ3v) is 5.09. The maximum absolute atomic E-state index is 5.47. The van der Waals surface area contributed by atoms with Gasteiger partial charge in [0.15, 0.2) is 0 Å². The van der Waals surface area contributed by atoms with Gasteiger partial charge in [-0.25, -0.2) is 0 Å². The van der Waals surface area contributed by atoms with Gasteiger partial charge >= 0.3 is 0 Å². The summed E-state index contributed by atoms with van der Waals surface area (Å²) < 4.78 is 5.47. The first-order valence-corrected chi connectivity index (χ1v) is 8.76. The number of hydrogen-bond donors (Lipinski definition) is 1. The minimum Gasteiger partial charge on any atom is -0.383 e. The van der Waals surface area contributed by atoms with Gasteiger partial charge in [0.25, 0.3) is 0 Å². The van der Waals surface area contributed by atoms with Gasteiger partial charge in [-0.1, -0.05) is 30.3 Å². The summed E-state index contributed by atoms with van der Waals surface area (Å²) in [7, 11) is 2.22. The number of rotatable bonds is 2. The Balaban J connectivity index is 1.57. The highest BCUT2D eigenvalue weighted by Crippen LogP contribution is 2.31. The lowest BCUT2D eigenvalue weighted by Crippen LogP contribution is -2.36. The monoisotopic (exact) mass is 323 g/mol. The zero-order valence-corrected chi connectivity index (χ0v) is 14.2. The SMILES string of the molecule is CN1Cc2cc(N3CCOCC3)ccc2NCC1c1ccccc1. The Hall–Kier alpha value is -2.04. The van der Waals surface area contributed by atoms with E-state index in [-0.39, 0.29) is 0 Å². The topological polar surface area (TPSA) is 27.7 Å². The zero-order valence-electron chi connectivity index (χ0n) is 14.2. The molecule has 4 heteroatoms. The van der Waals surface area contributed by atoms with Crippen molar-refractivity contribution < 1.29 is 4.74 Å². The van der Waals surface area contributed by atoms with Gasteiger partial charge in [-0.15, -0.1) is 0 Å². The summed E-state index contributed by atoms with van der Waals surface area (Å²) in [5, 5.41) is 3.65. The van der Waals surface area contributed by atoms with Crippen LogP contribution in [0.4, 0.5) is 11.4 Å². The minimum absolute atomic E-state index is 0.394. The zero-order chi connectivity index (χ0) is 16.4. The molecule has 126 valence electrons. The maximum Gasteiger partial charge on any atom is 0.0642 e. The molecule has 0 saturated carbocycles. The Morgan fingerprint density at radius 2 is 1.83 bits per heavy atom. The van der Waals surface area contributed by atoms with Gasteiger partial charge in [0.2, 0.25) is 0 Å². The average Bonchev–Trinajstić information content (AvgIpc) is 2.80. The van der Waals surface area contributed by atoms with Crippen molar-refractivity contribution in [2.24, 2.45) is 0 Å². The van der Waals surface area contributed by atoms with E-state index in [2.05, 4.69) is 70.7 Å². The van der Waals surface area contributed by atoms with Gasteiger partial charge in [-0.3, -0.25) is 4.90 Å². The van der Waals surface area contributed by atoms with E-state index in [4.69, 9.17) is 4.74 Å². The fourth-order valence-electron chi connectivity index (χ4n) is 3.69. The van der Waals surface area contributed by atoms with Crippen molar-refractivity contribution in [1.29, 1.82) is 0 Å². The molecule has 24 heavy (non-hydrogen) atoms. The molecule has 1 atom stereocenters. The molecule has 4 nitrogen and oxygen atoms in total. The molecule has 1 saturated heterocycles. The molecule has 1 unspecified atom stereocenters. The second-order valence-corrected chi connectivity index (χ2v) is 6.66. The Labute approximate surface area is 144 Å². The van der Waals surface area contributed by atoms with E-state index in [1.54, 1.807) is 0 Å². The predicted octanol–water partition coefficient (Wildman–Crippen LogP) is 3.12. The van der Waals surface area contributed by atoms with Crippen LogP contribution >= 0.6 is 0 Å². The normalized spacial score (nSPS) is 21.7. The number of morpholine rings is 1. The minimum atomic E-state index is 0.394. The van der Waals surface area contributed by atoms with Crippen LogP contribution in [0.2, 0.25) is 0 Å². The molecule has 0 aliphatic carbocycles. The van der Waals surface area contributed by atoms with E-state index >= 15 is 0 Å². The number of anilines is 2. The van der Waals surface area contributed by atoms with Crippen molar-refractivity contribution in [1.82, 2.24) is 4.90 Å². The second-order valence-electron chi connectivity index (χ2n) is 6.66. The molecule has 0 amide bonds. The number of fused-ring (bicyclic) bond motifs is 1. The smallest absolute Gasteiger partial charge is 0.0642 e. The van der Waals surface area contributed by atoms with Crippen molar-refractivity contribution in [3.8, 4) is 0 Å². The average molecular weight is 323 g/mol. The third-order valence-electron chi connectivity index (χ3n) is 5.09. The quantitative estimate of drug-likeness (QED) is 0.919. The molecule has 0 radical (unpaired) electrons. The molecule has 2 aromatic rings. The summed E-state index contributed by atoms with van der Waals surface area (Å²) in [6, 6.07) is 18.0. The summed E-state index contributed by atoms with van der Waals surface area (Å²) in [5.41, 5.74) is 5.32. The van der Waals surface area contributed by atoms with Crippen LogP contribution in [0.15, 0.2) is 48.5 Å². The van der Waals surface area contributed by atoms with Gasteiger partial charge in [0.05, 0.1) is 19.3 Å². The molecule has 1 fully saturated rings. The number of likely N-dealkylation sites (N-methyl/N-ethyl adjacent to an activating group) is 1. The summed E-state index contributed by atoms with van der Waals surface area (Å²) in [4.78, 5) is 4.86. The molecule has 2 aromatic carbocycles. The molecule has 4 rings (SSSR count). The van der Waals surface area contributed by atoms with E-state index in [9.17, 15) is 0 Å². The van der Waals surface area contributed by atoms with Gasteiger partial charge in [0, 0.05) is 37.6 Å². The first-order chi connectivity index (χ1) is 11.8. The van der Waals surface area contributed by atoms with Crippen LogP contribution in [-0.4, -0.2) is 44.8 Å². The van der Waals surface area contributed by atoms with Gasteiger partial charge in [-0.2, -0.15) is 0 Å². The summed E-state index contributed by atoms with van der Waals surface area (Å²) in [5.74, 6) is 0. The molecule has 1 N–H and O–H groups in total. The highest BCUT2D eigenvalue weighted by atomic mass is 16.5. The molecular weight excluding hydrogens is 298 g/mol. The standard InChI is InChI=1S/C20H25N3O/c1-22-15-17-13-18(23-9-11-24-12-10-23)7-8-19(17)21-14-20(22)16-5-3-2-4-6-16/h2-8,13,20-21H,9-12,14-15H2,1H3. The Morgan fingerprint density at radius 3 is 2.62 bits per heavy atom. The summed E-state index contributed by atoms with van der Waals surface area (Å²) in [6.07, 6.45) is 0. The van der Waals surface area contributed by atoms with Gasteiger partial charge < -0.3 is 15.0 Å². The Kier molecular flexibility index (Phi) is 4.41. The van der Waals surface area contributed by atoms with Crippen molar-refractivity contribution in [3.63, 3.8) is 0 Å². The van der Waals surface area contributed by atoms with Crippen LogP contribution in [0, 0.1) is 0 Å². The second kappa shape index (κ2) is 6.83. The lowest BCUT2D eigenvalue weighted by atomic mass is 10.1. The lowest BCUT2D eigenvalue weighted by Gasteiger charge is -2.29. The van der Waals surface area contributed by atoms with Crippen LogP contribution in [0.3, 0.4) is 0 Å². The van der Waals surface area contributed by atoms with Crippen LogP contribution in [0.1, 0.15) is 17.2 Å². The molecule has 2 aliphatic rings. The van der Waals surface area contributed by atoms with Crippen molar-refractivity contribution in [2.75, 3.05) is 50.1 Å². The fraction of sp³-hybridized carbons (Fsp3) is 0.400. The number of nitrogens with one attached hydrogen (secondary N) is 1. The highest BCUT2D eigenvalue weighted by molar-refractivity contribution is 5.61. The Bertz CT molecular complexity index is 683. The highest BCUT2D eigenvalue weighted by Gasteiger charge is 2.22. The van der Waals surface area contributed by atoms with Crippen molar-refractivity contribution in [3.05, 3.63) is 59.7 Å². The fourth-order valence-corrected chi connectivity index (χ4v) is 3.69. The van der Waals surface area contributed by atoms with Crippen molar-refractivity contribution in [2.45, 2.75) is 12.6 Å². The van der Waals surface area contributed by atoms with Gasteiger partial charge in [0.1, 0.15) is 0 Å². The molecule has 0 bridgehead atoms. The maximum atomic E-state index is 5.47. The van der Waals surface area contributed by atoms with E-state index in [0.717, 1.165) is 39.4 Å². The summed E-state index contributed by atoms with van der Waals surface area (Å²) >= 11 is 0. The third kappa shape index (κ3) is 3.12. The van der Waals surface area contributed by atoms with E-state index in [0.29, 0.717) is 6.04 Å². The first kappa shape index (κ1) is 15.5. The molecule has 0 aromatic heterocycles. The number of hydrogen-bond acceptors (Lipinski definition) is 4. The summed E-state index contributed by atoms with van der Waals surface area (Å²) in [6.45, 7) is 5.50. The van der Waals surface area contributed by atoms with E-state index in [1.165, 1.54) is 22.5 Å². The van der Waals surface area contributed by atoms with Crippen LogP contribution in [0.25, 0.3) is 0 Å². The number of benzene rings is 2. The lowest BCUT2D eigenvalue weighted by molar-refractivity contribution is 0.122. The van der Waals surface area contributed by atoms with Gasteiger partial charge in [-0.05, 0) is 36.4 Å². The molecular formula is C20H25N3O. The number of nitrogens with zero attached hydrogens (tertiary/aromatic N) is 2.